The molecule has 1 aliphatic rings. The minimum Gasteiger partial charge on any atom is -0.350 e. The largest absolute Gasteiger partial charge is 0.350 e. The second kappa shape index (κ2) is 9.43. The van der Waals surface area contributed by atoms with Gasteiger partial charge < -0.3 is 10.2 Å². The molecule has 2 atom stereocenters. The smallest absolute Gasteiger partial charge is 0.251 e. The van der Waals surface area contributed by atoms with E-state index in [-0.39, 0.29) is 29.6 Å². The van der Waals surface area contributed by atoms with Gasteiger partial charge in [-0.15, -0.1) is 0 Å². The Bertz CT molecular complexity index is 1110. The second-order valence-corrected chi connectivity index (χ2v) is 10.2. The fraction of sp³-hybridized carbons (Fsp3) is 0.263. The van der Waals surface area contributed by atoms with Crippen molar-refractivity contribution >= 4 is 47.8 Å². The van der Waals surface area contributed by atoms with Crippen LogP contribution in [0.25, 0.3) is 0 Å². The fourth-order valence-corrected chi connectivity index (χ4v) is 5.97. The molecular formula is C19H17Br2FN4O3S. The Kier molecular flexibility index (Phi) is 7.13. The molecule has 1 amide bonds. The van der Waals surface area contributed by atoms with Crippen LogP contribution in [-0.4, -0.2) is 44.4 Å². The van der Waals surface area contributed by atoms with Crippen LogP contribution in [0, 0.1) is 17.3 Å². The number of halogens is 3. The van der Waals surface area contributed by atoms with Gasteiger partial charge >= 0.3 is 0 Å². The van der Waals surface area contributed by atoms with Crippen molar-refractivity contribution < 1.29 is 17.6 Å². The predicted octanol–water partition coefficient (Wildman–Crippen LogP) is 2.98. The SMILES string of the molecule is N#CN1C[C@H](NS(=O)(=O)c2cc(Br)ccc2Br)C[C@@H]1CNC(=O)c1cccc(F)c1. The van der Waals surface area contributed by atoms with Gasteiger partial charge in [-0.05, 0) is 58.7 Å². The number of hydrogen-bond donors (Lipinski definition) is 2. The molecule has 0 spiro atoms. The van der Waals surface area contributed by atoms with E-state index >= 15 is 0 Å². The molecule has 30 heavy (non-hydrogen) atoms. The quantitative estimate of drug-likeness (QED) is 0.530. The van der Waals surface area contributed by atoms with Gasteiger partial charge in [-0.2, -0.15) is 5.26 Å². The predicted molar refractivity (Wildman–Crippen MR) is 115 cm³/mol. The van der Waals surface area contributed by atoms with Crippen LogP contribution < -0.4 is 10.0 Å². The number of hydrogen-bond acceptors (Lipinski definition) is 5. The van der Waals surface area contributed by atoms with Crippen LogP contribution in [0.3, 0.4) is 0 Å². The Morgan fingerprint density at radius 1 is 1.27 bits per heavy atom. The summed E-state index contributed by atoms with van der Waals surface area (Å²) < 4.78 is 42.5. The molecule has 2 N–H and O–H groups in total. The molecule has 2 aromatic carbocycles. The zero-order valence-corrected chi connectivity index (χ0v) is 19.5. The van der Waals surface area contributed by atoms with Crippen LogP contribution in [0.15, 0.2) is 56.3 Å². The number of amides is 1. The van der Waals surface area contributed by atoms with Crippen molar-refractivity contribution in [3.8, 4) is 6.19 Å². The number of nitrogens with one attached hydrogen (secondary N) is 2. The summed E-state index contributed by atoms with van der Waals surface area (Å²) in [6.07, 6.45) is 2.37. The molecule has 0 saturated carbocycles. The van der Waals surface area contributed by atoms with Gasteiger partial charge in [-0.3, -0.25) is 4.79 Å². The first kappa shape index (κ1) is 22.7. The lowest BCUT2D eigenvalue weighted by Gasteiger charge is -2.18. The number of nitrogens with zero attached hydrogens (tertiary/aromatic N) is 2. The van der Waals surface area contributed by atoms with Gasteiger partial charge in [0.15, 0.2) is 6.19 Å². The highest BCUT2D eigenvalue weighted by Gasteiger charge is 2.35. The van der Waals surface area contributed by atoms with E-state index < -0.39 is 27.8 Å². The van der Waals surface area contributed by atoms with Gasteiger partial charge in [-0.25, -0.2) is 17.5 Å². The highest BCUT2D eigenvalue weighted by atomic mass is 79.9. The first-order chi connectivity index (χ1) is 14.2. The lowest BCUT2D eigenvalue weighted by Crippen LogP contribution is -2.38. The molecule has 0 aromatic heterocycles. The van der Waals surface area contributed by atoms with Gasteiger partial charge in [0.2, 0.25) is 10.0 Å². The third kappa shape index (κ3) is 5.37. The molecule has 7 nitrogen and oxygen atoms in total. The van der Waals surface area contributed by atoms with Crippen LogP contribution in [0.1, 0.15) is 16.8 Å². The number of nitriles is 1. The maximum absolute atomic E-state index is 13.3. The van der Waals surface area contributed by atoms with E-state index in [1.165, 1.54) is 29.2 Å². The van der Waals surface area contributed by atoms with Crippen molar-refractivity contribution in [2.75, 3.05) is 13.1 Å². The molecule has 3 rings (SSSR count). The average molecular weight is 560 g/mol. The van der Waals surface area contributed by atoms with Crippen LogP contribution in [0.5, 0.6) is 0 Å². The van der Waals surface area contributed by atoms with Gasteiger partial charge in [0.1, 0.15) is 5.82 Å². The fourth-order valence-electron chi connectivity index (χ4n) is 3.23. The summed E-state index contributed by atoms with van der Waals surface area (Å²) in [4.78, 5) is 13.7. The number of carbonyl (C=O) groups excluding carboxylic acids is 1. The Balaban J connectivity index is 1.65. The molecule has 2 aromatic rings. The van der Waals surface area contributed by atoms with E-state index in [1.807, 2.05) is 6.19 Å². The molecule has 1 fully saturated rings. The molecular weight excluding hydrogens is 543 g/mol. The Labute approximate surface area is 190 Å². The maximum Gasteiger partial charge on any atom is 0.251 e. The van der Waals surface area contributed by atoms with E-state index in [4.69, 9.17) is 0 Å². The lowest BCUT2D eigenvalue weighted by atomic mass is 10.1. The summed E-state index contributed by atoms with van der Waals surface area (Å²) in [6, 6.07) is 9.23. The normalized spacial score (nSPS) is 18.8. The standard InChI is InChI=1S/C19H17Br2FN4O3S/c20-13-4-5-17(21)18(7-13)30(28,29)25-15-8-16(26(10-15)11-23)9-24-19(27)12-2-1-3-14(22)6-12/h1-7,15-16,25H,8-10H2,(H,24,27)/t15-,16-/m1/s1. The highest BCUT2D eigenvalue weighted by molar-refractivity contribution is 9.11. The number of sulfonamides is 1. The topological polar surface area (TPSA) is 102 Å². The molecule has 11 heteroatoms. The number of likely N-dealkylation sites (tertiary alicyclic amines) is 1. The number of benzene rings is 2. The summed E-state index contributed by atoms with van der Waals surface area (Å²) >= 11 is 6.51. The summed E-state index contributed by atoms with van der Waals surface area (Å²) in [5.74, 6) is -0.982. The monoisotopic (exact) mass is 558 g/mol. The molecule has 158 valence electrons. The van der Waals surface area contributed by atoms with Crippen molar-refractivity contribution in [3.63, 3.8) is 0 Å². The molecule has 1 saturated heterocycles. The van der Waals surface area contributed by atoms with Crippen molar-refractivity contribution in [2.24, 2.45) is 0 Å². The van der Waals surface area contributed by atoms with E-state index in [0.717, 1.165) is 6.07 Å². The number of rotatable bonds is 6. The van der Waals surface area contributed by atoms with Gasteiger partial charge in [0.05, 0.1) is 10.9 Å². The van der Waals surface area contributed by atoms with Crippen LogP contribution in [0.2, 0.25) is 0 Å². The van der Waals surface area contributed by atoms with Crippen LogP contribution >= 0.6 is 31.9 Å². The van der Waals surface area contributed by atoms with E-state index in [2.05, 4.69) is 41.9 Å². The molecule has 0 radical (unpaired) electrons. The zero-order chi connectivity index (χ0) is 21.9. The summed E-state index contributed by atoms with van der Waals surface area (Å²) in [7, 11) is -3.82. The van der Waals surface area contributed by atoms with Gasteiger partial charge in [-0.1, -0.05) is 22.0 Å². The second-order valence-electron chi connectivity index (χ2n) is 6.76. The van der Waals surface area contributed by atoms with Crippen molar-refractivity contribution in [1.29, 1.82) is 5.26 Å². The van der Waals surface area contributed by atoms with Crippen molar-refractivity contribution in [2.45, 2.75) is 23.4 Å². The van der Waals surface area contributed by atoms with Gasteiger partial charge in [0.25, 0.3) is 5.91 Å². The van der Waals surface area contributed by atoms with E-state index in [9.17, 15) is 22.9 Å². The first-order valence-corrected chi connectivity index (χ1v) is 11.9. The summed E-state index contributed by atoms with van der Waals surface area (Å²) in [5, 5.41) is 12.1. The van der Waals surface area contributed by atoms with Crippen molar-refractivity contribution in [3.05, 3.63) is 62.8 Å². The lowest BCUT2D eigenvalue weighted by molar-refractivity contribution is 0.0945. The highest BCUT2D eigenvalue weighted by Crippen LogP contribution is 2.27. The first-order valence-electron chi connectivity index (χ1n) is 8.87. The third-order valence-corrected chi connectivity index (χ3v) is 7.64. The van der Waals surface area contributed by atoms with Crippen LogP contribution in [0.4, 0.5) is 4.39 Å². The van der Waals surface area contributed by atoms with Gasteiger partial charge in [0, 0.05) is 33.6 Å². The Morgan fingerprint density at radius 2 is 2.03 bits per heavy atom. The van der Waals surface area contributed by atoms with Crippen molar-refractivity contribution in [1.82, 2.24) is 14.9 Å². The average Bonchev–Trinajstić information content (AvgIpc) is 3.08. The van der Waals surface area contributed by atoms with E-state index in [0.29, 0.717) is 15.4 Å². The molecule has 1 heterocycles. The third-order valence-electron chi connectivity index (χ3n) is 4.63. The minimum atomic E-state index is -3.82. The molecule has 0 unspecified atom stereocenters. The van der Waals surface area contributed by atoms with E-state index in [1.54, 1.807) is 12.1 Å². The molecule has 0 bridgehead atoms. The zero-order valence-electron chi connectivity index (χ0n) is 15.5. The summed E-state index contributed by atoms with van der Waals surface area (Å²) in [6.45, 7) is 0.309. The van der Waals surface area contributed by atoms with Crippen LogP contribution in [-0.2, 0) is 10.0 Å². The Morgan fingerprint density at radius 3 is 2.73 bits per heavy atom. The Hall–Kier alpha value is -2.00. The maximum atomic E-state index is 13.3. The minimum absolute atomic E-state index is 0.0863. The summed E-state index contributed by atoms with van der Waals surface area (Å²) in [5.41, 5.74) is 0.174. The molecule has 1 aliphatic heterocycles. The molecule has 0 aliphatic carbocycles. The number of carbonyl (C=O) groups is 1.